The molecule has 2 aromatic carbocycles. The van der Waals surface area contributed by atoms with E-state index in [4.69, 9.17) is 9.73 Å². The minimum Gasteiger partial charge on any atom is -0.379 e. The van der Waals surface area contributed by atoms with E-state index in [1.165, 1.54) is 48.3 Å². The lowest BCUT2D eigenvalue weighted by Crippen LogP contribution is -2.48. The molecule has 1 N–H and O–H groups in total. The number of nitrogens with one attached hydrogen (secondary N) is 1. The third-order valence-electron chi connectivity index (χ3n) is 6.11. The maximum atomic E-state index is 12.8. The van der Waals surface area contributed by atoms with Crippen molar-refractivity contribution in [2.24, 2.45) is 10.9 Å². The number of morpholine rings is 1. The van der Waals surface area contributed by atoms with Gasteiger partial charge in [-0.3, -0.25) is 15.2 Å². The van der Waals surface area contributed by atoms with Crippen LogP contribution in [-0.2, 0) is 4.74 Å². The van der Waals surface area contributed by atoms with E-state index in [2.05, 4.69) is 29.7 Å². The van der Waals surface area contributed by atoms with E-state index in [0.717, 1.165) is 10.6 Å². The van der Waals surface area contributed by atoms with Crippen molar-refractivity contribution in [1.29, 1.82) is 0 Å². The first-order valence-corrected chi connectivity index (χ1v) is 11.7. The lowest BCUT2D eigenvalue weighted by Gasteiger charge is -2.27. The summed E-state index contributed by atoms with van der Waals surface area (Å²) < 4.78 is 5.36. The highest BCUT2D eigenvalue weighted by Crippen LogP contribution is 2.43. The molecule has 2 heterocycles. The van der Waals surface area contributed by atoms with Crippen LogP contribution >= 0.6 is 11.8 Å². The number of rotatable bonds is 3. The van der Waals surface area contributed by atoms with Gasteiger partial charge in [0, 0.05) is 39.9 Å². The summed E-state index contributed by atoms with van der Waals surface area (Å²) >= 11 is 1.75. The van der Waals surface area contributed by atoms with E-state index >= 15 is 0 Å². The molecule has 2 aromatic rings. The van der Waals surface area contributed by atoms with Crippen LogP contribution in [-0.4, -0.2) is 42.9 Å². The van der Waals surface area contributed by atoms with Gasteiger partial charge in [0.25, 0.3) is 5.91 Å². The van der Waals surface area contributed by atoms with Crippen molar-refractivity contribution in [3.8, 4) is 0 Å². The van der Waals surface area contributed by atoms with Crippen molar-refractivity contribution < 1.29 is 9.53 Å². The van der Waals surface area contributed by atoms with Gasteiger partial charge in [0.2, 0.25) is 0 Å². The zero-order chi connectivity index (χ0) is 20.3. The summed E-state index contributed by atoms with van der Waals surface area (Å²) in [7, 11) is 0. The normalized spacial score (nSPS) is 19.9. The molecular weight excluding hydrogens is 394 g/mol. The molecule has 1 amide bonds. The highest BCUT2D eigenvalue weighted by atomic mass is 32.2. The molecule has 156 valence electrons. The molecule has 30 heavy (non-hydrogen) atoms. The Morgan fingerprint density at radius 2 is 1.83 bits per heavy atom. The Labute approximate surface area is 181 Å². The predicted octanol–water partition coefficient (Wildman–Crippen LogP) is 4.83. The third kappa shape index (κ3) is 4.17. The van der Waals surface area contributed by atoms with Crippen LogP contribution in [0, 0.1) is 5.92 Å². The number of carbonyl (C=O) groups excluding carboxylic acids is 1. The molecule has 2 fully saturated rings. The monoisotopic (exact) mass is 421 g/mol. The summed E-state index contributed by atoms with van der Waals surface area (Å²) in [4.78, 5) is 20.4. The van der Waals surface area contributed by atoms with Gasteiger partial charge in [-0.05, 0) is 37.1 Å². The average molecular weight is 422 g/mol. The van der Waals surface area contributed by atoms with Gasteiger partial charge in [-0.15, -0.1) is 0 Å². The number of aliphatic imine (C=N–C) groups is 1. The van der Waals surface area contributed by atoms with Gasteiger partial charge in [0.05, 0.1) is 24.6 Å². The van der Waals surface area contributed by atoms with Gasteiger partial charge in [-0.2, -0.15) is 0 Å². The number of ether oxygens (including phenoxy) is 1. The van der Waals surface area contributed by atoms with Crippen LogP contribution in [0.1, 0.15) is 48.0 Å². The summed E-state index contributed by atoms with van der Waals surface area (Å²) in [5.74, 6) is 0.415. The molecule has 3 aliphatic rings. The molecule has 1 saturated heterocycles. The van der Waals surface area contributed by atoms with Crippen LogP contribution in [0.15, 0.2) is 57.2 Å². The van der Waals surface area contributed by atoms with Crippen molar-refractivity contribution in [3.05, 3.63) is 53.6 Å². The number of fused-ring (bicyclic) bond motifs is 2. The molecule has 0 radical (unpaired) electrons. The Bertz CT molecular complexity index is 963. The van der Waals surface area contributed by atoms with Crippen molar-refractivity contribution in [3.63, 3.8) is 0 Å². The second kappa shape index (κ2) is 8.92. The van der Waals surface area contributed by atoms with E-state index in [1.807, 2.05) is 23.2 Å². The lowest BCUT2D eigenvalue weighted by molar-refractivity contribution is 0.0126. The fourth-order valence-electron chi connectivity index (χ4n) is 4.48. The van der Waals surface area contributed by atoms with Gasteiger partial charge < -0.3 is 4.74 Å². The Kier molecular flexibility index (Phi) is 5.88. The van der Waals surface area contributed by atoms with Crippen LogP contribution in [0.5, 0.6) is 0 Å². The fraction of sp³-hybridized carbons (Fsp3) is 0.417. The first kappa shape index (κ1) is 19.8. The standard InChI is InChI=1S/C24H27N3O2S/c28-24(26-27-12-14-29-15-13-27)18-10-11-22-20(16-18)25-23(17-6-2-1-3-7-17)19-8-4-5-9-21(19)30-22/h4-5,8-11,16-17H,1-3,6-7,12-15H2,(H,26,28). The number of amides is 1. The minimum atomic E-state index is -0.0825. The van der Waals surface area contributed by atoms with Crippen molar-refractivity contribution in [1.82, 2.24) is 10.4 Å². The van der Waals surface area contributed by atoms with E-state index < -0.39 is 0 Å². The molecule has 1 saturated carbocycles. The van der Waals surface area contributed by atoms with Gasteiger partial charge in [-0.1, -0.05) is 49.2 Å². The number of hydrogen-bond acceptors (Lipinski definition) is 5. The molecule has 0 unspecified atom stereocenters. The topological polar surface area (TPSA) is 53.9 Å². The van der Waals surface area contributed by atoms with Crippen molar-refractivity contribution in [2.75, 3.05) is 26.3 Å². The summed E-state index contributed by atoms with van der Waals surface area (Å²) in [6, 6.07) is 14.5. The molecule has 0 spiro atoms. The highest BCUT2D eigenvalue weighted by Gasteiger charge is 2.26. The third-order valence-corrected chi connectivity index (χ3v) is 7.25. The average Bonchev–Trinajstić information content (AvgIpc) is 2.96. The van der Waals surface area contributed by atoms with E-state index in [0.29, 0.717) is 37.8 Å². The fourth-order valence-corrected chi connectivity index (χ4v) is 5.49. The zero-order valence-corrected chi connectivity index (χ0v) is 17.9. The lowest BCUT2D eigenvalue weighted by atomic mass is 9.83. The minimum absolute atomic E-state index is 0.0825. The maximum Gasteiger partial charge on any atom is 0.265 e. The first-order chi connectivity index (χ1) is 14.8. The summed E-state index contributed by atoms with van der Waals surface area (Å²) in [6.45, 7) is 2.72. The molecule has 0 aromatic heterocycles. The van der Waals surface area contributed by atoms with Gasteiger partial charge >= 0.3 is 0 Å². The van der Waals surface area contributed by atoms with E-state index in [-0.39, 0.29) is 5.91 Å². The van der Waals surface area contributed by atoms with Crippen LogP contribution in [0.2, 0.25) is 0 Å². The molecule has 1 aliphatic carbocycles. The highest BCUT2D eigenvalue weighted by molar-refractivity contribution is 7.99. The predicted molar refractivity (Wildman–Crippen MR) is 120 cm³/mol. The molecule has 2 aliphatic heterocycles. The Balaban J connectivity index is 1.48. The second-order valence-electron chi connectivity index (χ2n) is 8.15. The molecule has 0 bridgehead atoms. The Hall–Kier alpha value is -2.15. The van der Waals surface area contributed by atoms with Crippen LogP contribution in [0.25, 0.3) is 0 Å². The first-order valence-electron chi connectivity index (χ1n) is 10.9. The second-order valence-corrected chi connectivity index (χ2v) is 9.24. The smallest absolute Gasteiger partial charge is 0.265 e. The van der Waals surface area contributed by atoms with Crippen molar-refractivity contribution >= 4 is 29.1 Å². The van der Waals surface area contributed by atoms with Crippen molar-refractivity contribution in [2.45, 2.75) is 41.9 Å². The van der Waals surface area contributed by atoms with Crippen LogP contribution in [0.4, 0.5) is 5.69 Å². The van der Waals surface area contributed by atoms with E-state index in [1.54, 1.807) is 11.8 Å². The number of hydrazine groups is 1. The molecule has 5 rings (SSSR count). The maximum absolute atomic E-state index is 12.8. The molecule has 6 heteroatoms. The molecule has 5 nitrogen and oxygen atoms in total. The Morgan fingerprint density at radius 1 is 1.03 bits per heavy atom. The van der Waals surface area contributed by atoms with Crippen LogP contribution in [0.3, 0.4) is 0 Å². The largest absolute Gasteiger partial charge is 0.379 e. The zero-order valence-electron chi connectivity index (χ0n) is 17.1. The Morgan fingerprint density at radius 3 is 2.67 bits per heavy atom. The van der Waals surface area contributed by atoms with E-state index in [9.17, 15) is 4.79 Å². The summed E-state index contributed by atoms with van der Waals surface area (Å²) in [6.07, 6.45) is 6.26. The molecule has 0 atom stereocenters. The van der Waals surface area contributed by atoms with Gasteiger partial charge in [0.1, 0.15) is 0 Å². The summed E-state index contributed by atoms with van der Waals surface area (Å²) in [5.41, 5.74) is 7.02. The van der Waals surface area contributed by atoms with Crippen LogP contribution < -0.4 is 5.43 Å². The quantitative estimate of drug-likeness (QED) is 0.771. The summed E-state index contributed by atoms with van der Waals surface area (Å²) in [5, 5.41) is 1.93. The van der Waals surface area contributed by atoms with Gasteiger partial charge in [0.15, 0.2) is 0 Å². The molecular formula is C24H27N3O2S. The SMILES string of the molecule is O=C(NN1CCOCC1)c1ccc2c(c1)N=C(C1CCCCC1)c1ccccc1S2. The number of benzene rings is 2. The van der Waals surface area contributed by atoms with Gasteiger partial charge in [-0.25, -0.2) is 5.01 Å². The number of hydrogen-bond donors (Lipinski definition) is 1. The number of carbonyl (C=O) groups is 1. The number of nitrogens with zero attached hydrogens (tertiary/aromatic N) is 2.